The Bertz CT molecular complexity index is 976. The van der Waals surface area contributed by atoms with Gasteiger partial charge < -0.3 is 24.8 Å². The van der Waals surface area contributed by atoms with Gasteiger partial charge in [0.15, 0.2) is 0 Å². The number of nitrogens with zero attached hydrogens (tertiary/aromatic N) is 1. The van der Waals surface area contributed by atoms with E-state index < -0.39 is 24.6 Å². The van der Waals surface area contributed by atoms with Gasteiger partial charge in [-0.05, 0) is 28.2 Å². The fourth-order valence-electron chi connectivity index (χ4n) is 4.22. The molecular formula is C26H32N2O6. The highest BCUT2D eigenvalue weighted by Gasteiger charge is 2.30. The minimum atomic E-state index is -1.10. The van der Waals surface area contributed by atoms with Crippen LogP contribution in [0.25, 0.3) is 11.1 Å². The summed E-state index contributed by atoms with van der Waals surface area (Å²) in [4.78, 5) is 37.8. The summed E-state index contributed by atoms with van der Waals surface area (Å²) >= 11 is 0. The summed E-state index contributed by atoms with van der Waals surface area (Å²) in [7, 11) is 1.49. The van der Waals surface area contributed by atoms with E-state index in [0.29, 0.717) is 0 Å². The maximum atomic E-state index is 12.7. The van der Waals surface area contributed by atoms with E-state index in [9.17, 15) is 14.4 Å². The van der Waals surface area contributed by atoms with Gasteiger partial charge in [0.05, 0.1) is 6.61 Å². The molecule has 182 valence electrons. The zero-order valence-electron chi connectivity index (χ0n) is 19.8. The molecule has 3 rings (SSSR count). The standard InChI is InChI=1S/C26H32N2O6/c1-17(2)23(14-24(29)28(12-13-33-3)15-25(30)31)27-26(32)34-16-22-20-10-6-4-8-18(20)19-9-5-7-11-21(19)22/h4-11,17,22-23H,12-16H2,1-3H3,(H,27,32)(H,30,31)/t23-/m0/s1. The number of methoxy groups -OCH3 is 1. The third-order valence-electron chi connectivity index (χ3n) is 6.09. The second kappa shape index (κ2) is 11.7. The lowest BCUT2D eigenvalue weighted by atomic mass is 9.98. The fraction of sp³-hybridized carbons (Fsp3) is 0.423. The monoisotopic (exact) mass is 468 g/mol. The van der Waals surface area contributed by atoms with Crippen LogP contribution in [-0.2, 0) is 19.1 Å². The Morgan fingerprint density at radius 2 is 1.62 bits per heavy atom. The minimum Gasteiger partial charge on any atom is -0.480 e. The lowest BCUT2D eigenvalue weighted by molar-refractivity contribution is -0.145. The van der Waals surface area contributed by atoms with Crippen molar-refractivity contribution in [1.82, 2.24) is 10.2 Å². The average Bonchev–Trinajstić information content (AvgIpc) is 3.13. The molecule has 2 N–H and O–H groups in total. The molecule has 0 aromatic heterocycles. The molecule has 8 nitrogen and oxygen atoms in total. The Morgan fingerprint density at radius 1 is 1.03 bits per heavy atom. The zero-order chi connectivity index (χ0) is 24.7. The molecule has 0 aliphatic heterocycles. The molecule has 0 fully saturated rings. The van der Waals surface area contributed by atoms with E-state index >= 15 is 0 Å². The number of benzene rings is 2. The number of amides is 2. The largest absolute Gasteiger partial charge is 0.480 e. The van der Waals surface area contributed by atoms with Crippen LogP contribution in [0.15, 0.2) is 48.5 Å². The van der Waals surface area contributed by atoms with Gasteiger partial charge in [-0.25, -0.2) is 4.79 Å². The first-order chi connectivity index (χ1) is 16.3. The quantitative estimate of drug-likeness (QED) is 0.523. The van der Waals surface area contributed by atoms with Gasteiger partial charge >= 0.3 is 12.1 Å². The smallest absolute Gasteiger partial charge is 0.407 e. The molecule has 2 amide bonds. The Morgan fingerprint density at radius 3 is 2.15 bits per heavy atom. The van der Waals surface area contributed by atoms with Gasteiger partial charge in [0.25, 0.3) is 0 Å². The molecule has 0 saturated carbocycles. The van der Waals surface area contributed by atoms with Crippen LogP contribution in [0.2, 0.25) is 0 Å². The van der Waals surface area contributed by atoms with Gasteiger partial charge in [0.2, 0.25) is 5.91 Å². The van der Waals surface area contributed by atoms with Gasteiger partial charge in [-0.2, -0.15) is 0 Å². The van der Waals surface area contributed by atoms with Crippen LogP contribution < -0.4 is 5.32 Å². The topological polar surface area (TPSA) is 105 Å². The van der Waals surface area contributed by atoms with Crippen LogP contribution in [0.4, 0.5) is 4.79 Å². The highest BCUT2D eigenvalue weighted by Crippen LogP contribution is 2.44. The lowest BCUT2D eigenvalue weighted by Gasteiger charge is -2.26. The first-order valence-corrected chi connectivity index (χ1v) is 11.4. The van der Waals surface area contributed by atoms with Crippen molar-refractivity contribution < 1.29 is 29.0 Å². The summed E-state index contributed by atoms with van der Waals surface area (Å²) in [6.07, 6.45) is -0.631. The van der Waals surface area contributed by atoms with E-state index in [1.807, 2.05) is 50.2 Å². The van der Waals surface area contributed by atoms with Crippen LogP contribution >= 0.6 is 0 Å². The number of fused-ring (bicyclic) bond motifs is 3. The number of carboxylic acids is 1. The number of hydrogen-bond acceptors (Lipinski definition) is 5. The van der Waals surface area contributed by atoms with E-state index in [-0.39, 0.29) is 43.9 Å². The SMILES string of the molecule is COCCN(CC(=O)O)C(=O)C[C@H](NC(=O)OCC1c2ccccc2-c2ccccc21)C(C)C. The molecule has 0 heterocycles. The predicted octanol–water partition coefficient (Wildman–Crippen LogP) is 3.50. The first-order valence-electron chi connectivity index (χ1n) is 11.4. The van der Waals surface area contributed by atoms with Crippen molar-refractivity contribution in [3.8, 4) is 11.1 Å². The Kier molecular flexibility index (Phi) is 8.65. The normalized spacial score (nSPS) is 13.2. The number of carbonyl (C=O) groups is 3. The highest BCUT2D eigenvalue weighted by molar-refractivity contribution is 5.82. The molecule has 1 aliphatic rings. The molecule has 34 heavy (non-hydrogen) atoms. The molecule has 0 bridgehead atoms. The van der Waals surface area contributed by atoms with Crippen molar-refractivity contribution in [2.75, 3.05) is 33.4 Å². The van der Waals surface area contributed by atoms with Crippen molar-refractivity contribution in [2.45, 2.75) is 32.2 Å². The van der Waals surface area contributed by atoms with E-state index in [1.165, 1.54) is 12.0 Å². The second-order valence-electron chi connectivity index (χ2n) is 8.73. The molecule has 0 spiro atoms. The molecule has 1 atom stereocenters. The van der Waals surface area contributed by atoms with Gasteiger partial charge in [-0.1, -0.05) is 62.4 Å². The number of hydrogen-bond donors (Lipinski definition) is 2. The van der Waals surface area contributed by atoms with Crippen molar-refractivity contribution in [3.05, 3.63) is 59.7 Å². The first kappa shape index (κ1) is 25.2. The number of aliphatic carboxylic acids is 1. The number of rotatable bonds is 11. The Balaban J connectivity index is 1.62. The number of carbonyl (C=O) groups excluding carboxylic acids is 2. The van der Waals surface area contributed by atoms with E-state index in [0.717, 1.165) is 22.3 Å². The predicted molar refractivity (Wildman–Crippen MR) is 128 cm³/mol. The molecule has 2 aromatic rings. The van der Waals surface area contributed by atoms with Crippen LogP contribution in [0.5, 0.6) is 0 Å². The summed E-state index contributed by atoms with van der Waals surface area (Å²) in [5.74, 6) is -1.58. The lowest BCUT2D eigenvalue weighted by Crippen LogP contribution is -2.45. The van der Waals surface area contributed by atoms with Gasteiger partial charge in [-0.15, -0.1) is 0 Å². The van der Waals surface area contributed by atoms with Crippen LogP contribution in [0.1, 0.15) is 37.3 Å². The number of nitrogens with one attached hydrogen (secondary N) is 1. The summed E-state index contributed by atoms with van der Waals surface area (Å²) in [6, 6.07) is 15.7. The third-order valence-corrected chi connectivity index (χ3v) is 6.09. The van der Waals surface area contributed by atoms with Crippen molar-refractivity contribution in [1.29, 1.82) is 0 Å². The summed E-state index contributed by atoms with van der Waals surface area (Å²) < 4.78 is 10.6. The Labute approximate surface area is 199 Å². The molecular weight excluding hydrogens is 436 g/mol. The van der Waals surface area contributed by atoms with Crippen molar-refractivity contribution >= 4 is 18.0 Å². The average molecular weight is 469 g/mol. The minimum absolute atomic E-state index is 0.0289. The molecule has 0 saturated heterocycles. The van der Waals surface area contributed by atoms with Crippen LogP contribution in [0, 0.1) is 5.92 Å². The number of carboxylic acid groups (broad SMARTS) is 1. The van der Waals surface area contributed by atoms with Gasteiger partial charge in [0, 0.05) is 32.0 Å². The maximum absolute atomic E-state index is 12.7. The van der Waals surface area contributed by atoms with Crippen LogP contribution in [0.3, 0.4) is 0 Å². The number of alkyl carbamates (subject to hydrolysis) is 1. The van der Waals surface area contributed by atoms with E-state index in [2.05, 4.69) is 17.4 Å². The molecule has 0 radical (unpaired) electrons. The maximum Gasteiger partial charge on any atom is 0.407 e. The fourth-order valence-corrected chi connectivity index (χ4v) is 4.22. The third kappa shape index (κ3) is 6.14. The summed E-state index contributed by atoms with van der Waals surface area (Å²) in [6.45, 7) is 3.93. The van der Waals surface area contributed by atoms with Crippen molar-refractivity contribution in [2.24, 2.45) is 5.92 Å². The molecule has 1 aliphatic carbocycles. The summed E-state index contributed by atoms with van der Waals surface area (Å²) in [5, 5.41) is 11.9. The van der Waals surface area contributed by atoms with Crippen LogP contribution in [-0.4, -0.2) is 67.4 Å². The van der Waals surface area contributed by atoms with Gasteiger partial charge in [0.1, 0.15) is 13.2 Å². The van der Waals surface area contributed by atoms with Gasteiger partial charge in [-0.3, -0.25) is 9.59 Å². The number of ether oxygens (including phenoxy) is 2. The van der Waals surface area contributed by atoms with Crippen molar-refractivity contribution in [3.63, 3.8) is 0 Å². The molecule has 8 heteroatoms. The summed E-state index contributed by atoms with van der Waals surface area (Å²) in [5.41, 5.74) is 4.53. The van der Waals surface area contributed by atoms with E-state index in [4.69, 9.17) is 14.6 Å². The highest BCUT2D eigenvalue weighted by atomic mass is 16.5. The Hall–Kier alpha value is -3.39. The second-order valence-corrected chi connectivity index (χ2v) is 8.73. The zero-order valence-corrected chi connectivity index (χ0v) is 19.8. The molecule has 2 aromatic carbocycles. The molecule has 0 unspecified atom stereocenters. The van der Waals surface area contributed by atoms with E-state index in [1.54, 1.807) is 0 Å².